The molecule has 0 aliphatic heterocycles. The van der Waals surface area contributed by atoms with Gasteiger partial charge in [0.15, 0.2) is 11.5 Å². The summed E-state index contributed by atoms with van der Waals surface area (Å²) in [4.78, 5) is 23.9. The number of methoxy groups -OCH3 is 2. The summed E-state index contributed by atoms with van der Waals surface area (Å²) in [6.45, 7) is 1.90. The number of aryl methyl sites for hydroxylation is 1. The minimum Gasteiger partial charge on any atom is -0.493 e. The summed E-state index contributed by atoms with van der Waals surface area (Å²) < 4.78 is 54.2. The number of carbonyl (C=O) groups excluding carboxylic acids is 2. The molecule has 0 aromatic heterocycles. The lowest BCUT2D eigenvalue weighted by Crippen LogP contribution is -2.38. The van der Waals surface area contributed by atoms with Crippen molar-refractivity contribution in [3.63, 3.8) is 0 Å². The number of hydrogen-bond donors (Lipinski definition) is 2. The Balaban J connectivity index is 1.85. The summed E-state index contributed by atoms with van der Waals surface area (Å²) >= 11 is 0. The van der Waals surface area contributed by atoms with Crippen molar-refractivity contribution in [2.45, 2.75) is 31.7 Å². The number of benzene rings is 2. The van der Waals surface area contributed by atoms with E-state index in [2.05, 4.69) is 5.32 Å². The predicted molar refractivity (Wildman–Crippen MR) is 105 cm³/mol. The van der Waals surface area contributed by atoms with E-state index in [4.69, 9.17) is 14.2 Å². The third-order valence-corrected chi connectivity index (χ3v) is 4.87. The zero-order valence-corrected chi connectivity index (χ0v) is 17.0. The summed E-state index contributed by atoms with van der Waals surface area (Å²) in [5, 5.41) is 4.52. The van der Waals surface area contributed by atoms with Gasteiger partial charge in [-0.25, -0.2) is 4.79 Å². The maximum absolute atomic E-state index is 12.8. The monoisotopic (exact) mass is 438 g/mol. The Bertz CT molecular complexity index is 976. The molecule has 2 aromatic rings. The fourth-order valence-corrected chi connectivity index (χ4v) is 3.36. The molecule has 0 radical (unpaired) electrons. The molecule has 0 bridgehead atoms. The van der Waals surface area contributed by atoms with E-state index < -0.39 is 30.3 Å². The van der Waals surface area contributed by atoms with E-state index >= 15 is 0 Å². The van der Waals surface area contributed by atoms with Crippen LogP contribution in [0.4, 0.5) is 23.7 Å². The molecule has 0 spiro atoms. The number of anilines is 1. The maximum atomic E-state index is 12.8. The van der Waals surface area contributed by atoms with Crippen LogP contribution in [0.1, 0.15) is 35.3 Å². The van der Waals surface area contributed by atoms with Crippen molar-refractivity contribution in [2.24, 2.45) is 0 Å². The molecule has 2 N–H and O–H groups in total. The lowest BCUT2D eigenvalue weighted by Gasteiger charge is -2.16. The van der Waals surface area contributed by atoms with Gasteiger partial charge in [0.05, 0.1) is 20.3 Å². The van der Waals surface area contributed by atoms with Crippen LogP contribution in [0.2, 0.25) is 0 Å². The second-order valence-corrected chi connectivity index (χ2v) is 6.98. The number of nitrogens with one attached hydrogen (secondary N) is 2. The molecule has 0 saturated carbocycles. The highest BCUT2D eigenvalue weighted by molar-refractivity contribution is 5.85. The Morgan fingerprint density at radius 2 is 1.58 bits per heavy atom. The topological polar surface area (TPSA) is 85.9 Å². The molecule has 2 atom stereocenters. The highest BCUT2D eigenvalue weighted by atomic mass is 19.4. The smallest absolute Gasteiger partial charge is 0.471 e. The van der Waals surface area contributed by atoms with Crippen molar-refractivity contribution >= 4 is 17.7 Å². The largest absolute Gasteiger partial charge is 0.493 e. The third kappa shape index (κ3) is 5.01. The molecule has 0 heterocycles. The van der Waals surface area contributed by atoms with Crippen LogP contribution in [-0.4, -0.2) is 32.4 Å². The number of hydrogen-bond acceptors (Lipinski definition) is 5. The van der Waals surface area contributed by atoms with Gasteiger partial charge in [0.2, 0.25) is 0 Å². The number of alkyl halides is 3. The van der Waals surface area contributed by atoms with E-state index in [1.54, 1.807) is 24.3 Å². The molecule has 1 aliphatic rings. The van der Waals surface area contributed by atoms with Crippen LogP contribution in [0.5, 0.6) is 11.5 Å². The molecule has 31 heavy (non-hydrogen) atoms. The van der Waals surface area contributed by atoms with Crippen molar-refractivity contribution in [1.82, 2.24) is 5.32 Å². The zero-order valence-electron chi connectivity index (χ0n) is 17.0. The van der Waals surface area contributed by atoms with Gasteiger partial charge in [-0.15, -0.1) is 0 Å². The third-order valence-electron chi connectivity index (χ3n) is 4.87. The first-order valence-electron chi connectivity index (χ1n) is 9.30. The van der Waals surface area contributed by atoms with E-state index in [9.17, 15) is 22.8 Å². The Morgan fingerprint density at radius 3 is 2.13 bits per heavy atom. The minimum absolute atomic E-state index is 0.0746. The van der Waals surface area contributed by atoms with E-state index in [1.165, 1.54) is 26.4 Å². The van der Waals surface area contributed by atoms with Crippen LogP contribution in [0.3, 0.4) is 0 Å². The van der Waals surface area contributed by atoms with Gasteiger partial charge in [-0.3, -0.25) is 10.1 Å². The first kappa shape index (κ1) is 22.3. The van der Waals surface area contributed by atoms with Crippen molar-refractivity contribution in [3.05, 3.63) is 53.1 Å². The summed E-state index contributed by atoms with van der Waals surface area (Å²) in [5.41, 5.74) is 2.28. The second kappa shape index (κ2) is 8.75. The Labute approximate surface area is 176 Å². The molecule has 0 fully saturated rings. The van der Waals surface area contributed by atoms with E-state index in [-0.39, 0.29) is 12.2 Å². The van der Waals surface area contributed by atoms with Gasteiger partial charge >= 0.3 is 18.2 Å². The normalized spacial score (nSPS) is 17.5. The molecular weight excluding hydrogens is 417 g/mol. The van der Waals surface area contributed by atoms with Gasteiger partial charge < -0.3 is 19.5 Å². The molecule has 2 unspecified atom stereocenters. The molecule has 3 rings (SSSR count). The molecule has 1 aliphatic carbocycles. The number of carbonyl (C=O) groups is 2. The number of amides is 2. The van der Waals surface area contributed by atoms with E-state index in [0.29, 0.717) is 22.6 Å². The maximum Gasteiger partial charge on any atom is 0.471 e. The lowest BCUT2D eigenvalue weighted by atomic mass is 10.1. The number of ether oxygens (including phenoxy) is 3. The average Bonchev–Trinajstić information content (AvgIpc) is 3.03. The van der Waals surface area contributed by atoms with Crippen molar-refractivity contribution in [2.75, 3.05) is 19.5 Å². The molecule has 2 aromatic carbocycles. The van der Waals surface area contributed by atoms with Crippen LogP contribution in [0, 0.1) is 6.92 Å². The van der Waals surface area contributed by atoms with Gasteiger partial charge in [-0.2, -0.15) is 13.2 Å². The number of halogens is 3. The van der Waals surface area contributed by atoms with Crippen LogP contribution in [-0.2, 0) is 9.53 Å². The highest BCUT2D eigenvalue weighted by Crippen LogP contribution is 2.46. The first-order chi connectivity index (χ1) is 14.6. The Hall–Kier alpha value is -3.43. The lowest BCUT2D eigenvalue weighted by molar-refractivity contribution is -0.174. The SMILES string of the molecule is COc1cc2c(cc1OC)C(OC(=O)Nc1ccc(C)cc1)CC2NC(=O)C(F)(F)F. The standard InChI is InChI=1S/C21H21F3N2O5/c1-11-4-6-12(7-5-11)25-20(28)31-16-10-15(26-19(27)21(22,23)24)13-8-17(29-2)18(30-3)9-14(13)16/h4-9,15-16H,10H2,1-3H3,(H,25,28)(H,26,27). The van der Waals surface area contributed by atoms with E-state index in [0.717, 1.165) is 5.56 Å². The minimum atomic E-state index is -5.04. The zero-order chi connectivity index (χ0) is 22.8. The quantitative estimate of drug-likeness (QED) is 0.722. The van der Waals surface area contributed by atoms with Gasteiger partial charge in [-0.1, -0.05) is 17.7 Å². The van der Waals surface area contributed by atoms with Gasteiger partial charge in [0.1, 0.15) is 6.10 Å². The fourth-order valence-electron chi connectivity index (χ4n) is 3.36. The van der Waals surface area contributed by atoms with Crippen LogP contribution < -0.4 is 20.1 Å². The first-order valence-corrected chi connectivity index (χ1v) is 9.30. The summed E-state index contributed by atoms with van der Waals surface area (Å²) in [6, 6.07) is 8.97. The molecule has 2 amide bonds. The molecular formula is C21H21F3N2O5. The molecule has 10 heteroatoms. The van der Waals surface area contributed by atoms with Crippen LogP contribution >= 0.6 is 0 Å². The van der Waals surface area contributed by atoms with Gasteiger partial charge in [0, 0.05) is 17.7 Å². The fraction of sp³-hybridized carbons (Fsp3) is 0.333. The number of rotatable bonds is 5. The average molecular weight is 438 g/mol. The molecule has 0 saturated heterocycles. The predicted octanol–water partition coefficient (Wildman–Crippen LogP) is 4.43. The second-order valence-electron chi connectivity index (χ2n) is 6.98. The van der Waals surface area contributed by atoms with Crippen molar-refractivity contribution in [1.29, 1.82) is 0 Å². The number of fused-ring (bicyclic) bond motifs is 1. The van der Waals surface area contributed by atoms with Crippen molar-refractivity contribution < 1.29 is 37.0 Å². The highest BCUT2D eigenvalue weighted by Gasteiger charge is 2.43. The van der Waals surface area contributed by atoms with Crippen LogP contribution in [0.15, 0.2) is 36.4 Å². The van der Waals surface area contributed by atoms with Gasteiger partial charge in [-0.05, 0) is 36.8 Å². The Kier molecular flexibility index (Phi) is 6.28. The molecule has 166 valence electrons. The van der Waals surface area contributed by atoms with Crippen molar-refractivity contribution in [3.8, 4) is 11.5 Å². The summed E-state index contributed by atoms with van der Waals surface area (Å²) in [5.74, 6) is -1.49. The summed E-state index contributed by atoms with van der Waals surface area (Å²) in [7, 11) is 2.79. The Morgan fingerprint density at radius 1 is 1.00 bits per heavy atom. The van der Waals surface area contributed by atoms with Crippen LogP contribution in [0.25, 0.3) is 0 Å². The van der Waals surface area contributed by atoms with Gasteiger partial charge in [0.25, 0.3) is 0 Å². The molecule has 7 nitrogen and oxygen atoms in total. The summed E-state index contributed by atoms with van der Waals surface area (Å²) in [6.07, 6.45) is -6.80. The van der Waals surface area contributed by atoms with E-state index in [1.807, 2.05) is 12.2 Å².